The van der Waals surface area contributed by atoms with E-state index >= 15 is 0 Å². The molecule has 1 aromatic rings. The fraction of sp³-hybridized carbons (Fsp3) is 0.167. The second-order valence-corrected chi connectivity index (χ2v) is 3.60. The van der Waals surface area contributed by atoms with Crippen molar-refractivity contribution in [2.75, 3.05) is 7.05 Å². The highest BCUT2D eigenvalue weighted by molar-refractivity contribution is 6.05. The van der Waals surface area contributed by atoms with Gasteiger partial charge in [0.05, 0.1) is 0 Å². The van der Waals surface area contributed by atoms with Crippen molar-refractivity contribution in [2.24, 2.45) is 0 Å². The van der Waals surface area contributed by atoms with Gasteiger partial charge >= 0.3 is 6.03 Å². The van der Waals surface area contributed by atoms with Crippen LogP contribution in [-0.2, 0) is 4.79 Å². The Morgan fingerprint density at radius 1 is 1.25 bits per heavy atom. The van der Waals surface area contributed by atoms with Crippen LogP contribution >= 0.6 is 0 Å². The van der Waals surface area contributed by atoms with Crippen molar-refractivity contribution in [3.05, 3.63) is 48.7 Å². The van der Waals surface area contributed by atoms with Crippen LogP contribution < -0.4 is 0 Å². The molecule has 1 unspecified atom stereocenters. The van der Waals surface area contributed by atoms with Gasteiger partial charge in [0.25, 0.3) is 5.91 Å². The molecule has 1 heterocycles. The van der Waals surface area contributed by atoms with Gasteiger partial charge in [0, 0.05) is 13.2 Å². The molecule has 1 saturated heterocycles. The molecule has 3 amide bonds. The zero-order chi connectivity index (χ0) is 11.7. The largest absolute Gasteiger partial charge is 0.331 e. The van der Waals surface area contributed by atoms with Crippen molar-refractivity contribution in [2.45, 2.75) is 6.04 Å². The molecule has 0 aromatic heterocycles. The molecular weight excluding hydrogens is 204 g/mol. The summed E-state index contributed by atoms with van der Waals surface area (Å²) in [5.41, 5.74) is 0.813. The second-order valence-electron chi connectivity index (χ2n) is 3.60. The van der Waals surface area contributed by atoms with Crippen molar-refractivity contribution in [1.82, 2.24) is 9.80 Å². The normalized spacial score (nSPS) is 20.4. The predicted molar refractivity (Wildman–Crippen MR) is 59.4 cm³/mol. The van der Waals surface area contributed by atoms with Crippen molar-refractivity contribution in [3.63, 3.8) is 0 Å². The summed E-state index contributed by atoms with van der Waals surface area (Å²) < 4.78 is 0. The molecule has 0 radical (unpaired) electrons. The first kappa shape index (κ1) is 10.4. The van der Waals surface area contributed by atoms with Crippen molar-refractivity contribution in [1.29, 1.82) is 0 Å². The Balaban J connectivity index is 2.40. The number of imide groups is 1. The van der Waals surface area contributed by atoms with Gasteiger partial charge < -0.3 is 4.90 Å². The van der Waals surface area contributed by atoms with Crippen LogP contribution in [0.25, 0.3) is 0 Å². The van der Waals surface area contributed by atoms with Crippen LogP contribution in [0.3, 0.4) is 0 Å². The summed E-state index contributed by atoms with van der Waals surface area (Å²) in [4.78, 5) is 26.1. The summed E-state index contributed by atoms with van der Waals surface area (Å²) >= 11 is 0. The minimum Gasteiger partial charge on any atom is -0.311 e. The summed E-state index contributed by atoms with van der Waals surface area (Å²) in [7, 11) is 1.61. The summed E-state index contributed by atoms with van der Waals surface area (Å²) in [6.07, 6.45) is 1.25. The van der Waals surface area contributed by atoms with Gasteiger partial charge in [-0.05, 0) is 5.56 Å². The Kier molecular flexibility index (Phi) is 2.48. The molecule has 4 heteroatoms. The number of amides is 3. The Hall–Kier alpha value is -2.10. The first-order valence-corrected chi connectivity index (χ1v) is 4.94. The van der Waals surface area contributed by atoms with E-state index in [2.05, 4.69) is 6.58 Å². The Morgan fingerprint density at radius 2 is 1.88 bits per heavy atom. The summed E-state index contributed by atoms with van der Waals surface area (Å²) in [5.74, 6) is -0.256. The minimum absolute atomic E-state index is 0.256. The maximum Gasteiger partial charge on any atom is 0.331 e. The van der Waals surface area contributed by atoms with Crippen molar-refractivity contribution >= 4 is 11.9 Å². The highest BCUT2D eigenvalue weighted by Gasteiger charge is 2.42. The third-order valence-corrected chi connectivity index (χ3v) is 2.66. The number of nitrogens with zero attached hydrogens (tertiary/aromatic N) is 2. The van der Waals surface area contributed by atoms with E-state index in [4.69, 9.17) is 0 Å². The molecule has 0 aliphatic carbocycles. The molecule has 4 nitrogen and oxygen atoms in total. The van der Waals surface area contributed by atoms with E-state index in [9.17, 15) is 9.59 Å². The molecule has 0 N–H and O–H groups in total. The molecule has 1 aromatic carbocycles. The van der Waals surface area contributed by atoms with E-state index < -0.39 is 6.04 Å². The maximum absolute atomic E-state index is 12.0. The lowest BCUT2D eigenvalue weighted by atomic mass is 10.1. The SMILES string of the molecule is C=CN1C(=O)C(c2ccccc2)N(C)C1=O. The Bertz CT molecular complexity index is 442. The number of likely N-dealkylation sites (N-methyl/N-ethyl adjacent to an activating group) is 1. The van der Waals surface area contributed by atoms with E-state index in [0.717, 1.165) is 10.5 Å². The zero-order valence-electron chi connectivity index (χ0n) is 8.96. The van der Waals surface area contributed by atoms with E-state index in [1.54, 1.807) is 7.05 Å². The van der Waals surface area contributed by atoms with E-state index in [0.29, 0.717) is 0 Å². The predicted octanol–water partition coefficient (Wildman–Crippen LogP) is 1.77. The lowest BCUT2D eigenvalue weighted by molar-refractivity contribution is -0.126. The van der Waals surface area contributed by atoms with Crippen molar-refractivity contribution in [3.8, 4) is 0 Å². The minimum atomic E-state index is -0.535. The van der Waals surface area contributed by atoms with Gasteiger partial charge in [-0.3, -0.25) is 4.79 Å². The molecule has 1 aliphatic rings. The molecule has 1 atom stereocenters. The quantitative estimate of drug-likeness (QED) is 0.707. The molecule has 82 valence electrons. The van der Waals surface area contributed by atoms with Gasteiger partial charge in [0.15, 0.2) is 0 Å². The van der Waals surface area contributed by atoms with Crippen LogP contribution in [0, 0.1) is 0 Å². The summed E-state index contributed by atoms with van der Waals surface area (Å²) in [6, 6.07) is 8.35. The molecular formula is C12H12N2O2. The average Bonchev–Trinajstić information content (AvgIpc) is 2.51. The first-order chi connectivity index (χ1) is 7.66. The number of hydrogen-bond donors (Lipinski definition) is 0. The van der Waals surface area contributed by atoms with Crippen LogP contribution in [0.4, 0.5) is 4.79 Å². The molecule has 1 fully saturated rings. The number of carbonyl (C=O) groups excluding carboxylic acids is 2. The molecule has 1 aliphatic heterocycles. The van der Waals surface area contributed by atoms with Crippen LogP contribution in [0.2, 0.25) is 0 Å². The zero-order valence-corrected chi connectivity index (χ0v) is 8.96. The van der Waals surface area contributed by atoms with Crippen molar-refractivity contribution < 1.29 is 9.59 Å². The molecule has 2 rings (SSSR count). The maximum atomic E-state index is 12.0. The number of hydrogen-bond acceptors (Lipinski definition) is 2. The van der Waals surface area contributed by atoms with Crippen LogP contribution in [-0.4, -0.2) is 28.8 Å². The topological polar surface area (TPSA) is 40.6 Å². The third-order valence-electron chi connectivity index (χ3n) is 2.66. The van der Waals surface area contributed by atoms with E-state index in [1.165, 1.54) is 11.1 Å². The molecule has 0 saturated carbocycles. The van der Waals surface area contributed by atoms with E-state index in [1.807, 2.05) is 30.3 Å². The third kappa shape index (κ3) is 1.39. The Labute approximate surface area is 93.8 Å². The number of rotatable bonds is 2. The number of urea groups is 1. The molecule has 0 spiro atoms. The summed E-state index contributed by atoms with van der Waals surface area (Å²) in [5, 5.41) is 0. The smallest absolute Gasteiger partial charge is 0.311 e. The van der Waals surface area contributed by atoms with Gasteiger partial charge in [0.2, 0.25) is 0 Å². The Morgan fingerprint density at radius 3 is 2.38 bits per heavy atom. The van der Waals surface area contributed by atoms with Gasteiger partial charge in [-0.15, -0.1) is 0 Å². The van der Waals surface area contributed by atoms with Crippen LogP contribution in [0.15, 0.2) is 43.1 Å². The van der Waals surface area contributed by atoms with Crippen LogP contribution in [0.5, 0.6) is 0 Å². The van der Waals surface area contributed by atoms with Gasteiger partial charge in [0.1, 0.15) is 6.04 Å². The second kappa shape index (κ2) is 3.81. The fourth-order valence-corrected chi connectivity index (χ4v) is 1.84. The lowest BCUT2D eigenvalue weighted by Crippen LogP contribution is -2.26. The van der Waals surface area contributed by atoms with Crippen LogP contribution in [0.1, 0.15) is 11.6 Å². The van der Waals surface area contributed by atoms with Gasteiger partial charge in [-0.1, -0.05) is 36.9 Å². The highest BCUT2D eigenvalue weighted by Crippen LogP contribution is 2.29. The number of benzene rings is 1. The van der Waals surface area contributed by atoms with Gasteiger partial charge in [-0.25, -0.2) is 9.69 Å². The molecule has 0 bridgehead atoms. The van der Waals surface area contributed by atoms with Gasteiger partial charge in [-0.2, -0.15) is 0 Å². The standard InChI is InChI=1S/C12H12N2O2/c1-3-14-11(15)10(13(2)12(14)16)9-7-5-4-6-8-9/h3-8,10H,1H2,2H3. The number of carbonyl (C=O) groups is 2. The lowest BCUT2D eigenvalue weighted by Gasteiger charge is -2.15. The fourth-order valence-electron chi connectivity index (χ4n) is 1.84. The van der Waals surface area contributed by atoms with E-state index in [-0.39, 0.29) is 11.9 Å². The highest BCUT2D eigenvalue weighted by atomic mass is 16.2. The first-order valence-electron chi connectivity index (χ1n) is 4.94. The summed E-state index contributed by atoms with van der Waals surface area (Å²) in [6.45, 7) is 3.46. The molecule has 16 heavy (non-hydrogen) atoms. The monoisotopic (exact) mass is 216 g/mol. The average molecular weight is 216 g/mol.